The number of alkyl carbamates (subject to hydrolysis) is 1. The zero-order valence-electron chi connectivity index (χ0n) is 17.5. The van der Waals surface area contributed by atoms with Gasteiger partial charge in [-0.1, -0.05) is 43.7 Å². The fourth-order valence-corrected chi connectivity index (χ4v) is 2.64. The Hall–Kier alpha value is -3.10. The normalized spacial score (nSPS) is 11.3. The second kappa shape index (κ2) is 14.0. The van der Waals surface area contributed by atoms with Crippen LogP contribution in [-0.2, 0) is 30.5 Å². The fourth-order valence-electron chi connectivity index (χ4n) is 2.64. The monoisotopic (exact) mass is 422 g/mol. The number of carboxylic acid groups (broad SMARTS) is 1. The van der Waals surface area contributed by atoms with Crippen LogP contribution >= 0.6 is 0 Å². The van der Waals surface area contributed by atoms with Gasteiger partial charge in [-0.2, -0.15) is 0 Å². The first-order valence-corrected chi connectivity index (χ1v) is 10.0. The summed E-state index contributed by atoms with van der Waals surface area (Å²) in [4.78, 5) is 49.3. The number of carboxylic acids is 1. The Morgan fingerprint density at radius 3 is 2.37 bits per heavy atom. The van der Waals surface area contributed by atoms with Gasteiger partial charge >= 0.3 is 18.0 Å². The smallest absolute Gasteiger partial charge is 0.408 e. The predicted octanol–water partition coefficient (Wildman–Crippen LogP) is 2.34. The lowest BCUT2D eigenvalue weighted by atomic mass is 10.1. The second-order valence-electron chi connectivity index (χ2n) is 6.59. The van der Waals surface area contributed by atoms with Crippen molar-refractivity contribution < 1.29 is 33.8 Å². The molecule has 0 heterocycles. The summed E-state index contributed by atoms with van der Waals surface area (Å²) in [5.74, 6) is -2.26. The van der Waals surface area contributed by atoms with Gasteiger partial charge in [-0.05, 0) is 18.9 Å². The number of hydrogen-bond acceptors (Lipinski definition) is 6. The van der Waals surface area contributed by atoms with Gasteiger partial charge in [0.2, 0.25) is 5.91 Å². The fraction of sp³-hybridized carbons (Fsp3) is 0.524. The van der Waals surface area contributed by atoms with Crippen LogP contribution in [0.2, 0.25) is 0 Å². The van der Waals surface area contributed by atoms with Crippen molar-refractivity contribution in [2.24, 2.45) is 0 Å². The molecule has 1 aromatic rings. The van der Waals surface area contributed by atoms with E-state index in [-0.39, 0.29) is 26.2 Å². The van der Waals surface area contributed by atoms with E-state index in [1.54, 1.807) is 31.2 Å². The largest absolute Gasteiger partial charge is 0.481 e. The number of carbonyl (C=O) groups is 4. The number of esters is 1. The Balaban J connectivity index is 2.76. The summed E-state index contributed by atoms with van der Waals surface area (Å²) in [5, 5.41) is 11.5. The van der Waals surface area contributed by atoms with Crippen molar-refractivity contribution in [3.8, 4) is 0 Å². The van der Waals surface area contributed by atoms with Crippen LogP contribution in [0.3, 0.4) is 0 Å². The molecule has 0 aliphatic carbocycles. The molecule has 166 valence electrons. The first-order chi connectivity index (χ1) is 14.4. The third kappa shape index (κ3) is 9.90. The quantitative estimate of drug-likeness (QED) is 0.468. The van der Waals surface area contributed by atoms with Crippen molar-refractivity contribution in [2.75, 3.05) is 19.7 Å². The topological polar surface area (TPSA) is 122 Å². The average molecular weight is 422 g/mol. The first-order valence-electron chi connectivity index (χ1n) is 10.0. The maximum Gasteiger partial charge on any atom is 0.408 e. The third-order valence-electron chi connectivity index (χ3n) is 4.17. The van der Waals surface area contributed by atoms with Gasteiger partial charge < -0.3 is 24.8 Å². The number of hydrogen-bond donors (Lipinski definition) is 2. The molecule has 2 N–H and O–H groups in total. The van der Waals surface area contributed by atoms with Gasteiger partial charge in [-0.25, -0.2) is 4.79 Å². The molecule has 30 heavy (non-hydrogen) atoms. The molecule has 0 aliphatic rings. The van der Waals surface area contributed by atoms with Crippen molar-refractivity contribution in [1.29, 1.82) is 0 Å². The van der Waals surface area contributed by atoms with Gasteiger partial charge in [-0.3, -0.25) is 14.4 Å². The minimum absolute atomic E-state index is 0.0109. The molecule has 0 aromatic heterocycles. The Morgan fingerprint density at radius 1 is 1.07 bits per heavy atom. The summed E-state index contributed by atoms with van der Waals surface area (Å²) in [6.07, 6.45) is -0.0195. The average Bonchev–Trinajstić information content (AvgIpc) is 2.72. The van der Waals surface area contributed by atoms with Gasteiger partial charge in [0.05, 0.1) is 19.4 Å². The third-order valence-corrected chi connectivity index (χ3v) is 4.17. The van der Waals surface area contributed by atoms with Gasteiger partial charge in [0, 0.05) is 13.1 Å². The van der Waals surface area contributed by atoms with E-state index in [9.17, 15) is 19.2 Å². The van der Waals surface area contributed by atoms with Crippen molar-refractivity contribution >= 4 is 23.9 Å². The molecule has 1 aromatic carbocycles. The number of unbranched alkanes of at least 4 members (excludes halogenated alkanes) is 1. The molecule has 0 spiro atoms. The van der Waals surface area contributed by atoms with Crippen LogP contribution in [0.25, 0.3) is 0 Å². The highest BCUT2D eigenvalue weighted by atomic mass is 16.5. The first kappa shape index (κ1) is 24.9. The molecule has 9 nitrogen and oxygen atoms in total. The highest BCUT2D eigenvalue weighted by molar-refractivity contribution is 5.89. The second-order valence-corrected chi connectivity index (χ2v) is 6.59. The van der Waals surface area contributed by atoms with Crippen molar-refractivity contribution in [3.05, 3.63) is 35.9 Å². The van der Waals surface area contributed by atoms with Gasteiger partial charge in [-0.15, -0.1) is 0 Å². The minimum atomic E-state index is -1.30. The lowest BCUT2D eigenvalue weighted by molar-refractivity contribution is -0.146. The number of nitrogens with zero attached hydrogens (tertiary/aromatic N) is 1. The Morgan fingerprint density at radius 2 is 1.77 bits per heavy atom. The highest BCUT2D eigenvalue weighted by Gasteiger charge is 2.29. The maximum absolute atomic E-state index is 12.9. The van der Waals surface area contributed by atoms with E-state index < -0.39 is 36.4 Å². The number of ether oxygens (including phenoxy) is 2. The van der Waals surface area contributed by atoms with Gasteiger partial charge in [0.25, 0.3) is 0 Å². The summed E-state index contributed by atoms with van der Waals surface area (Å²) < 4.78 is 9.97. The van der Waals surface area contributed by atoms with Crippen LogP contribution < -0.4 is 5.32 Å². The van der Waals surface area contributed by atoms with E-state index in [1.807, 2.05) is 13.0 Å². The Kier molecular flexibility index (Phi) is 11.6. The summed E-state index contributed by atoms with van der Waals surface area (Å²) in [7, 11) is 0. The molecule has 1 rings (SSSR count). The summed E-state index contributed by atoms with van der Waals surface area (Å²) in [5.41, 5.74) is 0.757. The Labute approximate surface area is 176 Å². The van der Waals surface area contributed by atoms with Crippen LogP contribution in [0.5, 0.6) is 0 Å². The maximum atomic E-state index is 12.9. The van der Waals surface area contributed by atoms with Gasteiger partial charge in [0.15, 0.2) is 0 Å². The zero-order valence-corrected chi connectivity index (χ0v) is 17.5. The lowest BCUT2D eigenvalue weighted by Gasteiger charge is -2.27. The standard InChI is InChI=1S/C21H30N2O7/c1-3-5-12-23(13-11-19(26)29-4-2)20(27)17(14-18(24)25)22-21(28)30-15-16-9-7-6-8-10-16/h6-10,17H,3-5,11-15H2,1-2H3,(H,22,28)(H,24,25)/t17-/m0/s1. The van der Waals surface area contributed by atoms with E-state index >= 15 is 0 Å². The van der Waals surface area contributed by atoms with E-state index in [4.69, 9.17) is 14.6 Å². The lowest BCUT2D eigenvalue weighted by Crippen LogP contribution is -2.50. The number of aliphatic carboxylic acids is 1. The zero-order chi connectivity index (χ0) is 22.4. The van der Waals surface area contributed by atoms with Crippen molar-refractivity contribution in [2.45, 2.75) is 52.2 Å². The molecule has 0 aliphatic heterocycles. The predicted molar refractivity (Wildman–Crippen MR) is 109 cm³/mol. The van der Waals surface area contributed by atoms with E-state index in [1.165, 1.54) is 4.90 Å². The van der Waals surface area contributed by atoms with Crippen LogP contribution in [0, 0.1) is 0 Å². The van der Waals surface area contributed by atoms with E-state index in [0.717, 1.165) is 12.0 Å². The molecule has 0 radical (unpaired) electrons. The number of amides is 2. The van der Waals surface area contributed by atoms with E-state index in [0.29, 0.717) is 13.0 Å². The van der Waals surface area contributed by atoms with Crippen LogP contribution in [0.15, 0.2) is 30.3 Å². The molecule has 2 amide bonds. The Bertz CT molecular complexity index is 694. The summed E-state index contributed by atoms with van der Waals surface area (Å²) in [6, 6.07) is 7.66. The molecule has 1 atom stereocenters. The summed E-state index contributed by atoms with van der Waals surface area (Å²) in [6.45, 7) is 4.27. The number of carbonyl (C=O) groups excluding carboxylic acids is 3. The number of nitrogens with one attached hydrogen (secondary N) is 1. The summed E-state index contributed by atoms with van der Waals surface area (Å²) >= 11 is 0. The van der Waals surface area contributed by atoms with Crippen LogP contribution in [0.4, 0.5) is 4.79 Å². The highest BCUT2D eigenvalue weighted by Crippen LogP contribution is 2.07. The molecule has 0 fully saturated rings. The molecule has 0 bridgehead atoms. The molecule has 0 unspecified atom stereocenters. The number of benzene rings is 1. The van der Waals surface area contributed by atoms with Crippen molar-refractivity contribution in [1.82, 2.24) is 10.2 Å². The number of rotatable bonds is 13. The molecule has 9 heteroatoms. The van der Waals surface area contributed by atoms with Crippen molar-refractivity contribution in [3.63, 3.8) is 0 Å². The molecular formula is C21H30N2O7. The SMILES string of the molecule is CCCCN(CCC(=O)OCC)C(=O)[C@H](CC(=O)O)NC(=O)OCc1ccccc1. The van der Waals surface area contributed by atoms with E-state index in [2.05, 4.69) is 5.32 Å². The minimum Gasteiger partial charge on any atom is -0.481 e. The molecule has 0 saturated carbocycles. The van der Waals surface area contributed by atoms with Crippen LogP contribution in [0.1, 0.15) is 45.1 Å². The molecular weight excluding hydrogens is 392 g/mol. The molecule has 0 saturated heterocycles. The van der Waals surface area contributed by atoms with Gasteiger partial charge in [0.1, 0.15) is 12.6 Å². The van der Waals surface area contributed by atoms with Crippen LogP contribution in [-0.4, -0.2) is 59.7 Å².